The Labute approximate surface area is 168 Å². The van der Waals surface area contributed by atoms with Gasteiger partial charge in [0.2, 0.25) is 0 Å². The summed E-state index contributed by atoms with van der Waals surface area (Å²) in [6, 6.07) is 7.04. The van der Waals surface area contributed by atoms with Crippen molar-refractivity contribution >= 4 is 28.3 Å². The first-order valence-electron chi connectivity index (χ1n) is 9.17. The molecule has 2 N–H and O–H groups in total. The first-order chi connectivity index (χ1) is 13.5. The quantitative estimate of drug-likeness (QED) is 0.705. The number of hydrogen-bond acceptors (Lipinski definition) is 6. The van der Waals surface area contributed by atoms with E-state index in [-0.39, 0.29) is 5.75 Å². The van der Waals surface area contributed by atoms with E-state index in [1.807, 2.05) is 23.9 Å². The monoisotopic (exact) mass is 396 g/mol. The molecule has 1 aliphatic heterocycles. The molecule has 28 heavy (non-hydrogen) atoms. The van der Waals surface area contributed by atoms with E-state index in [1.54, 1.807) is 12.1 Å². The second kappa shape index (κ2) is 7.30. The van der Waals surface area contributed by atoms with Crippen LogP contribution in [0.2, 0.25) is 5.02 Å². The molecule has 3 heterocycles. The van der Waals surface area contributed by atoms with Crippen molar-refractivity contribution in [1.29, 1.82) is 5.26 Å². The molecule has 2 aromatic heterocycles. The normalized spacial score (nSPS) is 17.6. The number of halogens is 1. The van der Waals surface area contributed by atoms with E-state index in [4.69, 9.17) is 16.9 Å². The Kier molecular flexibility index (Phi) is 4.84. The van der Waals surface area contributed by atoms with Gasteiger partial charge < -0.3 is 19.9 Å². The van der Waals surface area contributed by atoms with Crippen LogP contribution in [0.15, 0.2) is 24.4 Å². The number of rotatable bonds is 3. The van der Waals surface area contributed by atoms with Gasteiger partial charge in [0.05, 0.1) is 27.6 Å². The van der Waals surface area contributed by atoms with Gasteiger partial charge in [-0.1, -0.05) is 11.6 Å². The van der Waals surface area contributed by atoms with Gasteiger partial charge in [-0.25, -0.2) is 0 Å². The zero-order valence-electron chi connectivity index (χ0n) is 15.8. The number of phenols is 1. The van der Waals surface area contributed by atoms with Crippen LogP contribution in [-0.2, 0) is 7.05 Å². The zero-order valence-corrected chi connectivity index (χ0v) is 16.5. The third-order valence-electron chi connectivity index (χ3n) is 5.19. The summed E-state index contributed by atoms with van der Waals surface area (Å²) >= 11 is 6.52. The summed E-state index contributed by atoms with van der Waals surface area (Å²) in [5.41, 5.74) is 2.21. The number of benzene rings is 1. The molecule has 4 rings (SSSR count). The number of fused-ring (bicyclic) bond motifs is 1. The van der Waals surface area contributed by atoms with Crippen molar-refractivity contribution in [3.8, 4) is 23.1 Å². The molecule has 1 saturated heterocycles. The van der Waals surface area contributed by atoms with Crippen molar-refractivity contribution in [2.24, 2.45) is 7.05 Å². The van der Waals surface area contributed by atoms with E-state index in [2.05, 4.69) is 27.5 Å². The van der Waals surface area contributed by atoms with Gasteiger partial charge in [-0.05, 0) is 44.6 Å². The molecule has 1 atom stereocenters. The number of nitrogens with one attached hydrogen (secondary N) is 1. The van der Waals surface area contributed by atoms with Gasteiger partial charge in [0, 0.05) is 31.4 Å². The van der Waals surface area contributed by atoms with E-state index in [1.165, 1.54) is 6.07 Å². The number of nitrogens with zero attached hydrogens (tertiary/aromatic N) is 5. The average molecular weight is 397 g/mol. The lowest BCUT2D eigenvalue weighted by Crippen LogP contribution is -2.40. The summed E-state index contributed by atoms with van der Waals surface area (Å²) in [4.78, 5) is 2.30. The molecule has 0 radical (unpaired) electrons. The molecule has 7 nitrogen and oxygen atoms in total. The van der Waals surface area contributed by atoms with Crippen LogP contribution in [0.3, 0.4) is 0 Å². The number of aryl methyl sites for hydroxylation is 1. The van der Waals surface area contributed by atoms with Crippen molar-refractivity contribution < 1.29 is 5.11 Å². The highest BCUT2D eigenvalue weighted by atomic mass is 35.5. The predicted molar refractivity (Wildman–Crippen MR) is 109 cm³/mol. The van der Waals surface area contributed by atoms with Crippen LogP contribution >= 0.6 is 11.6 Å². The molecule has 0 unspecified atom stereocenters. The number of nitriles is 1. The fourth-order valence-corrected chi connectivity index (χ4v) is 4.19. The minimum Gasteiger partial charge on any atom is -0.507 e. The predicted octanol–water partition coefficient (Wildman–Crippen LogP) is 3.37. The summed E-state index contributed by atoms with van der Waals surface area (Å²) in [5, 5.41) is 33.0. The van der Waals surface area contributed by atoms with Crippen molar-refractivity contribution in [3.05, 3.63) is 35.0 Å². The van der Waals surface area contributed by atoms with Crippen LogP contribution in [0.25, 0.3) is 22.2 Å². The number of likely N-dealkylation sites (tertiary alicyclic amines) is 1. The summed E-state index contributed by atoms with van der Waals surface area (Å²) in [7, 11) is 4.03. The van der Waals surface area contributed by atoms with Crippen molar-refractivity contribution in [2.45, 2.75) is 18.9 Å². The maximum atomic E-state index is 10.4. The first kappa shape index (κ1) is 18.5. The van der Waals surface area contributed by atoms with Crippen LogP contribution in [0.4, 0.5) is 5.82 Å². The number of anilines is 1. The van der Waals surface area contributed by atoms with Crippen LogP contribution in [0.1, 0.15) is 18.4 Å². The highest BCUT2D eigenvalue weighted by molar-refractivity contribution is 6.37. The Balaban J connectivity index is 1.82. The Morgan fingerprint density at radius 2 is 2.14 bits per heavy atom. The second-order valence-corrected chi connectivity index (χ2v) is 7.71. The molecular weight excluding hydrogens is 376 g/mol. The van der Waals surface area contributed by atoms with Gasteiger partial charge in [0.15, 0.2) is 5.82 Å². The summed E-state index contributed by atoms with van der Waals surface area (Å²) in [6.45, 7) is 2.05. The molecule has 1 aromatic carbocycles. The van der Waals surface area contributed by atoms with Gasteiger partial charge in [0.1, 0.15) is 11.4 Å². The summed E-state index contributed by atoms with van der Waals surface area (Å²) in [6.07, 6.45) is 4.03. The third kappa shape index (κ3) is 3.26. The molecule has 1 aliphatic rings. The largest absolute Gasteiger partial charge is 0.507 e. The lowest BCUT2D eigenvalue weighted by atomic mass is 10.0. The molecule has 0 amide bonds. The Morgan fingerprint density at radius 3 is 2.86 bits per heavy atom. The van der Waals surface area contributed by atoms with Crippen LogP contribution in [0.5, 0.6) is 5.75 Å². The van der Waals surface area contributed by atoms with E-state index >= 15 is 0 Å². The Hall–Kier alpha value is -2.82. The topological polar surface area (TPSA) is 90.0 Å². The van der Waals surface area contributed by atoms with Gasteiger partial charge >= 0.3 is 0 Å². The van der Waals surface area contributed by atoms with Gasteiger partial charge in [-0.2, -0.15) is 5.26 Å². The lowest BCUT2D eigenvalue weighted by Gasteiger charge is -2.30. The van der Waals surface area contributed by atoms with Gasteiger partial charge in [-0.15, -0.1) is 10.2 Å². The molecule has 1 fully saturated rings. The minimum atomic E-state index is -0.0239. The SMILES string of the molecule is CN1CCC[C@@H](Nc2nnc(-c3ccc(C#N)cc3O)c3c(Cl)cn(C)c23)C1. The van der Waals surface area contributed by atoms with Crippen LogP contribution < -0.4 is 5.32 Å². The molecule has 144 valence electrons. The molecule has 3 aromatic rings. The maximum absolute atomic E-state index is 10.4. The number of phenolic OH excluding ortho intramolecular Hbond substituents is 1. The Morgan fingerprint density at radius 1 is 1.32 bits per heavy atom. The standard InChI is InChI=1S/C20H21ClN6O/c1-26-7-3-4-13(10-26)23-20-19-17(15(21)11-27(19)2)18(24-25-20)14-6-5-12(9-22)8-16(14)28/h5-6,8,11,13,28H,3-4,7,10H2,1-2H3,(H,23,25)/t13-/m1/s1. The fourth-order valence-electron chi connectivity index (χ4n) is 3.86. The smallest absolute Gasteiger partial charge is 0.173 e. The average Bonchev–Trinajstić information content (AvgIpc) is 2.97. The molecule has 0 spiro atoms. The maximum Gasteiger partial charge on any atom is 0.173 e. The first-order valence-corrected chi connectivity index (χ1v) is 9.55. The van der Waals surface area contributed by atoms with Crippen LogP contribution in [-0.4, -0.2) is 50.9 Å². The number of aromatic nitrogens is 3. The van der Waals surface area contributed by atoms with Gasteiger partial charge in [-0.3, -0.25) is 0 Å². The highest BCUT2D eigenvalue weighted by Gasteiger charge is 2.23. The summed E-state index contributed by atoms with van der Waals surface area (Å²) < 4.78 is 1.92. The van der Waals surface area contributed by atoms with Crippen molar-refractivity contribution in [1.82, 2.24) is 19.7 Å². The molecule has 0 saturated carbocycles. The second-order valence-electron chi connectivity index (χ2n) is 7.30. The van der Waals surface area contributed by atoms with E-state index in [0.717, 1.165) is 36.8 Å². The van der Waals surface area contributed by atoms with Crippen molar-refractivity contribution in [2.75, 3.05) is 25.5 Å². The number of likely N-dealkylation sites (N-methyl/N-ethyl adjacent to an activating group) is 1. The lowest BCUT2D eigenvalue weighted by molar-refractivity contribution is 0.261. The van der Waals surface area contributed by atoms with Crippen molar-refractivity contribution in [3.63, 3.8) is 0 Å². The zero-order chi connectivity index (χ0) is 19.8. The van der Waals surface area contributed by atoms with Crippen LogP contribution in [0, 0.1) is 11.3 Å². The number of aromatic hydroxyl groups is 1. The fraction of sp³-hybridized carbons (Fsp3) is 0.350. The van der Waals surface area contributed by atoms with E-state index < -0.39 is 0 Å². The van der Waals surface area contributed by atoms with E-state index in [9.17, 15) is 5.11 Å². The minimum absolute atomic E-state index is 0.0239. The molecular formula is C20H21ClN6O. The molecule has 0 aliphatic carbocycles. The van der Waals surface area contributed by atoms with Gasteiger partial charge in [0.25, 0.3) is 0 Å². The number of hydrogen-bond donors (Lipinski definition) is 2. The molecule has 0 bridgehead atoms. The number of piperidine rings is 1. The molecule has 8 heteroatoms. The van der Waals surface area contributed by atoms with E-state index in [0.29, 0.717) is 33.7 Å². The Bertz CT molecular complexity index is 1090. The third-order valence-corrected chi connectivity index (χ3v) is 5.48. The highest BCUT2D eigenvalue weighted by Crippen LogP contribution is 2.39. The summed E-state index contributed by atoms with van der Waals surface area (Å²) in [5.74, 6) is 0.658.